The van der Waals surface area contributed by atoms with E-state index in [0.717, 1.165) is 12.1 Å². The van der Waals surface area contributed by atoms with E-state index >= 15 is 0 Å². The lowest BCUT2D eigenvalue weighted by molar-refractivity contribution is -0.137. The first-order valence-electron chi connectivity index (χ1n) is 9.50. The number of ether oxygens (including phenoxy) is 1. The van der Waals surface area contributed by atoms with Gasteiger partial charge in [-0.1, -0.05) is 42.4 Å². The predicted octanol–water partition coefficient (Wildman–Crippen LogP) is 5.77. The maximum atomic E-state index is 13.0. The first-order chi connectivity index (χ1) is 15.2. The highest BCUT2D eigenvalue weighted by Gasteiger charge is 2.36. The van der Waals surface area contributed by atoms with Gasteiger partial charge in [-0.05, 0) is 36.1 Å². The van der Waals surface area contributed by atoms with Crippen molar-refractivity contribution >= 4 is 35.0 Å². The van der Waals surface area contributed by atoms with Gasteiger partial charge in [0.1, 0.15) is 0 Å². The van der Waals surface area contributed by atoms with E-state index in [1.807, 2.05) is 6.92 Å². The van der Waals surface area contributed by atoms with Crippen molar-refractivity contribution in [2.24, 2.45) is 0 Å². The molecule has 1 aliphatic rings. The first kappa shape index (κ1) is 22.3. The number of nitrogens with zero attached hydrogens (tertiary/aromatic N) is 4. The standard InChI is InChI=1S/C21H16ClF3N4O2S/c1-3-32-20-26-18-17(27-28-20)15-10-14(22)8-9-16(15)29(11(2)30)19(31-18)12-4-6-13(7-5-12)21(23,24)25/h4-10,19H,3H2,1-2H3. The summed E-state index contributed by atoms with van der Waals surface area (Å²) >= 11 is 7.55. The highest BCUT2D eigenvalue weighted by atomic mass is 35.5. The smallest absolute Gasteiger partial charge is 0.416 e. The molecule has 1 aromatic heterocycles. The highest BCUT2D eigenvalue weighted by molar-refractivity contribution is 7.99. The molecule has 0 spiro atoms. The number of hydrogen-bond donors (Lipinski definition) is 0. The predicted molar refractivity (Wildman–Crippen MR) is 115 cm³/mol. The number of carbonyl (C=O) groups is 1. The molecular formula is C21H16ClF3N4O2S. The summed E-state index contributed by atoms with van der Waals surface area (Å²) in [5, 5.41) is 9.13. The molecule has 1 amide bonds. The monoisotopic (exact) mass is 480 g/mol. The molecule has 4 rings (SSSR count). The molecule has 0 bridgehead atoms. The molecule has 1 aliphatic heterocycles. The van der Waals surface area contributed by atoms with Crippen LogP contribution in [-0.2, 0) is 11.0 Å². The van der Waals surface area contributed by atoms with Crippen LogP contribution in [0.2, 0.25) is 5.02 Å². The Balaban J connectivity index is 1.91. The molecule has 0 saturated carbocycles. The molecule has 0 radical (unpaired) electrons. The van der Waals surface area contributed by atoms with Gasteiger partial charge in [0.15, 0.2) is 5.69 Å². The molecule has 3 aromatic rings. The van der Waals surface area contributed by atoms with Crippen molar-refractivity contribution in [1.82, 2.24) is 15.2 Å². The van der Waals surface area contributed by atoms with Gasteiger partial charge in [-0.2, -0.15) is 18.2 Å². The molecule has 32 heavy (non-hydrogen) atoms. The summed E-state index contributed by atoms with van der Waals surface area (Å²) in [5.74, 6) is 0.417. The highest BCUT2D eigenvalue weighted by Crippen LogP contribution is 2.44. The summed E-state index contributed by atoms with van der Waals surface area (Å²) in [6.45, 7) is 3.27. The van der Waals surface area contributed by atoms with E-state index in [1.54, 1.807) is 18.2 Å². The zero-order valence-corrected chi connectivity index (χ0v) is 18.4. The maximum Gasteiger partial charge on any atom is 0.416 e. The molecule has 2 heterocycles. The summed E-state index contributed by atoms with van der Waals surface area (Å²) in [6.07, 6.45) is -5.56. The Hall–Kier alpha value is -2.85. The zero-order valence-electron chi connectivity index (χ0n) is 16.9. The van der Waals surface area contributed by atoms with E-state index in [-0.39, 0.29) is 17.5 Å². The summed E-state index contributed by atoms with van der Waals surface area (Å²) < 4.78 is 45.2. The fraction of sp³-hybridized carbons (Fsp3) is 0.238. The normalized spacial score (nSPS) is 15.4. The van der Waals surface area contributed by atoms with Crippen molar-refractivity contribution in [2.45, 2.75) is 31.4 Å². The van der Waals surface area contributed by atoms with Crippen LogP contribution in [0.3, 0.4) is 0 Å². The number of thioether (sulfide) groups is 1. The molecule has 0 fully saturated rings. The van der Waals surface area contributed by atoms with Crippen LogP contribution in [0.4, 0.5) is 18.9 Å². The second-order valence-corrected chi connectivity index (χ2v) is 8.49. The number of halogens is 4. The van der Waals surface area contributed by atoms with Gasteiger partial charge < -0.3 is 4.74 Å². The Kier molecular flexibility index (Phi) is 6.00. The molecule has 0 saturated heterocycles. The number of alkyl halides is 3. The molecule has 1 unspecified atom stereocenters. The third kappa shape index (κ3) is 4.24. The summed E-state index contributed by atoms with van der Waals surface area (Å²) in [7, 11) is 0. The molecule has 0 aliphatic carbocycles. The van der Waals surface area contributed by atoms with Crippen molar-refractivity contribution in [3.8, 4) is 17.1 Å². The number of benzene rings is 2. The second-order valence-electron chi connectivity index (χ2n) is 6.82. The SMILES string of the molecule is CCSc1nnc2c(n1)OC(c1ccc(C(F)(F)F)cc1)N(C(C)=O)c1ccc(Cl)cc1-2. The first-order valence-corrected chi connectivity index (χ1v) is 10.9. The Morgan fingerprint density at radius 2 is 1.91 bits per heavy atom. The largest absolute Gasteiger partial charge is 0.447 e. The van der Waals surface area contributed by atoms with Gasteiger partial charge in [0, 0.05) is 23.1 Å². The van der Waals surface area contributed by atoms with E-state index in [4.69, 9.17) is 16.3 Å². The molecule has 1 atom stereocenters. The molecule has 166 valence electrons. The minimum Gasteiger partial charge on any atom is -0.447 e. The van der Waals surface area contributed by atoms with Crippen LogP contribution < -0.4 is 9.64 Å². The third-order valence-corrected chi connectivity index (χ3v) is 5.66. The molecule has 2 aromatic carbocycles. The quantitative estimate of drug-likeness (QED) is 0.443. The van der Waals surface area contributed by atoms with Crippen LogP contribution in [0.5, 0.6) is 5.88 Å². The van der Waals surface area contributed by atoms with Crippen molar-refractivity contribution in [1.29, 1.82) is 0 Å². The van der Waals surface area contributed by atoms with E-state index in [0.29, 0.717) is 32.7 Å². The number of aromatic nitrogens is 3. The van der Waals surface area contributed by atoms with Gasteiger partial charge in [0.25, 0.3) is 0 Å². The van der Waals surface area contributed by atoms with Gasteiger partial charge in [-0.15, -0.1) is 10.2 Å². The van der Waals surface area contributed by atoms with E-state index in [2.05, 4.69) is 15.2 Å². The Morgan fingerprint density at radius 1 is 1.19 bits per heavy atom. The van der Waals surface area contributed by atoms with Crippen LogP contribution in [0.1, 0.15) is 31.2 Å². The Morgan fingerprint density at radius 3 is 2.53 bits per heavy atom. The van der Waals surface area contributed by atoms with E-state index in [1.165, 1.54) is 35.7 Å². The van der Waals surface area contributed by atoms with Gasteiger partial charge in [0.05, 0.1) is 11.3 Å². The van der Waals surface area contributed by atoms with Gasteiger partial charge >= 0.3 is 6.18 Å². The second kappa shape index (κ2) is 8.59. The van der Waals surface area contributed by atoms with Gasteiger partial charge in [0.2, 0.25) is 23.2 Å². The van der Waals surface area contributed by atoms with Crippen molar-refractivity contribution in [3.63, 3.8) is 0 Å². The maximum absolute atomic E-state index is 13.0. The Labute approximate surface area is 190 Å². The van der Waals surface area contributed by atoms with E-state index < -0.39 is 18.0 Å². The van der Waals surface area contributed by atoms with Crippen molar-refractivity contribution in [2.75, 3.05) is 10.7 Å². The zero-order chi connectivity index (χ0) is 23.0. The number of carbonyl (C=O) groups excluding carboxylic acids is 1. The topological polar surface area (TPSA) is 68.2 Å². The Bertz CT molecular complexity index is 1170. The number of anilines is 1. The average Bonchev–Trinajstić information content (AvgIpc) is 2.87. The van der Waals surface area contributed by atoms with Crippen LogP contribution in [0.25, 0.3) is 11.3 Å². The van der Waals surface area contributed by atoms with Crippen LogP contribution in [-0.4, -0.2) is 26.8 Å². The molecule has 6 nitrogen and oxygen atoms in total. The summed E-state index contributed by atoms with van der Waals surface area (Å²) in [6, 6.07) is 9.30. The van der Waals surface area contributed by atoms with Crippen molar-refractivity contribution in [3.05, 3.63) is 58.6 Å². The fourth-order valence-electron chi connectivity index (χ4n) is 3.32. The third-order valence-electron chi connectivity index (χ3n) is 4.70. The lowest BCUT2D eigenvalue weighted by atomic mass is 10.1. The molecule has 0 N–H and O–H groups in total. The van der Waals surface area contributed by atoms with Crippen LogP contribution >= 0.6 is 23.4 Å². The fourth-order valence-corrected chi connectivity index (χ4v) is 4.00. The van der Waals surface area contributed by atoms with Crippen LogP contribution in [0.15, 0.2) is 47.6 Å². The lowest BCUT2D eigenvalue weighted by Crippen LogP contribution is -2.36. The van der Waals surface area contributed by atoms with Gasteiger partial charge in [-0.25, -0.2) is 0 Å². The minimum absolute atomic E-state index is 0.105. The summed E-state index contributed by atoms with van der Waals surface area (Å²) in [5.41, 5.74) is 0.721. The summed E-state index contributed by atoms with van der Waals surface area (Å²) in [4.78, 5) is 18.5. The van der Waals surface area contributed by atoms with Crippen molar-refractivity contribution < 1.29 is 22.7 Å². The number of fused-ring (bicyclic) bond motifs is 3. The number of amides is 1. The van der Waals surface area contributed by atoms with Gasteiger partial charge in [-0.3, -0.25) is 9.69 Å². The van der Waals surface area contributed by atoms with E-state index in [9.17, 15) is 18.0 Å². The molecule has 11 heteroatoms. The van der Waals surface area contributed by atoms with Crippen LogP contribution in [0, 0.1) is 0 Å². The number of rotatable bonds is 3. The molecular weight excluding hydrogens is 465 g/mol. The number of hydrogen-bond acceptors (Lipinski definition) is 6. The minimum atomic E-state index is -4.48. The average molecular weight is 481 g/mol. The lowest BCUT2D eigenvalue weighted by Gasteiger charge is -2.30.